The average molecular weight is 377 g/mol. The van der Waals surface area contributed by atoms with Gasteiger partial charge in [0.2, 0.25) is 5.91 Å². The summed E-state index contributed by atoms with van der Waals surface area (Å²) < 4.78 is 5.23. The molecule has 4 rings (SSSR count). The van der Waals surface area contributed by atoms with Gasteiger partial charge in [0.1, 0.15) is 11.6 Å². The van der Waals surface area contributed by atoms with Crippen molar-refractivity contribution < 1.29 is 9.53 Å². The summed E-state index contributed by atoms with van der Waals surface area (Å²) in [5, 5.41) is 7.31. The molecule has 1 aromatic carbocycles. The minimum Gasteiger partial charge on any atom is -0.497 e. The van der Waals surface area contributed by atoms with Gasteiger partial charge in [-0.05, 0) is 42.2 Å². The number of nitrogens with zero attached hydrogens (tertiary/aromatic N) is 4. The standard InChI is InChI=1S/C21H23N5O2/c1-28-18-6-2-4-15(10-18)12-20(27)26-9-7-16(14-26)11-19-23-21(25-24-19)17-5-3-8-22-13-17/h2-6,8,10,13,16H,7,9,11-12,14H2,1H3,(H,23,24,25). The Morgan fingerprint density at radius 3 is 3.07 bits per heavy atom. The maximum atomic E-state index is 12.6. The maximum absolute atomic E-state index is 12.6. The molecule has 2 aromatic heterocycles. The molecule has 1 unspecified atom stereocenters. The van der Waals surface area contributed by atoms with Gasteiger partial charge in [-0.3, -0.25) is 14.9 Å². The zero-order valence-corrected chi connectivity index (χ0v) is 15.8. The number of aromatic amines is 1. The number of pyridine rings is 1. The van der Waals surface area contributed by atoms with Gasteiger partial charge in [-0.1, -0.05) is 12.1 Å². The second-order valence-corrected chi connectivity index (χ2v) is 7.07. The quantitative estimate of drug-likeness (QED) is 0.714. The number of methoxy groups -OCH3 is 1. The van der Waals surface area contributed by atoms with Gasteiger partial charge in [0, 0.05) is 37.5 Å². The van der Waals surface area contributed by atoms with Crippen molar-refractivity contribution in [3.05, 3.63) is 60.2 Å². The third-order valence-electron chi connectivity index (χ3n) is 5.06. The van der Waals surface area contributed by atoms with E-state index in [-0.39, 0.29) is 5.91 Å². The second kappa shape index (κ2) is 8.21. The van der Waals surface area contributed by atoms with Crippen molar-refractivity contribution in [2.75, 3.05) is 20.2 Å². The topological polar surface area (TPSA) is 84.0 Å². The number of amides is 1. The van der Waals surface area contributed by atoms with Crippen molar-refractivity contribution in [1.29, 1.82) is 0 Å². The summed E-state index contributed by atoms with van der Waals surface area (Å²) >= 11 is 0. The van der Waals surface area contributed by atoms with E-state index >= 15 is 0 Å². The first-order chi connectivity index (χ1) is 13.7. The first-order valence-electron chi connectivity index (χ1n) is 9.43. The number of ether oxygens (including phenoxy) is 1. The Balaban J connectivity index is 1.33. The van der Waals surface area contributed by atoms with Crippen LogP contribution < -0.4 is 4.74 Å². The zero-order chi connectivity index (χ0) is 19.3. The van der Waals surface area contributed by atoms with Crippen LogP contribution in [0.3, 0.4) is 0 Å². The van der Waals surface area contributed by atoms with E-state index in [0.29, 0.717) is 18.2 Å². The number of likely N-dealkylation sites (tertiary alicyclic amines) is 1. The Bertz CT molecular complexity index is 941. The van der Waals surface area contributed by atoms with Crippen LogP contribution in [0.25, 0.3) is 11.4 Å². The highest BCUT2D eigenvalue weighted by atomic mass is 16.5. The highest BCUT2D eigenvalue weighted by molar-refractivity contribution is 5.79. The van der Waals surface area contributed by atoms with Crippen LogP contribution in [-0.4, -0.2) is 51.2 Å². The molecule has 0 radical (unpaired) electrons. The lowest BCUT2D eigenvalue weighted by Gasteiger charge is -2.16. The number of nitrogens with one attached hydrogen (secondary N) is 1. The van der Waals surface area contributed by atoms with Crippen LogP contribution in [0.15, 0.2) is 48.8 Å². The fourth-order valence-corrected chi connectivity index (χ4v) is 3.58. The van der Waals surface area contributed by atoms with Gasteiger partial charge in [0.15, 0.2) is 5.82 Å². The number of H-pyrrole nitrogens is 1. The summed E-state index contributed by atoms with van der Waals surface area (Å²) in [6.45, 7) is 1.54. The van der Waals surface area contributed by atoms with Crippen LogP contribution in [0.4, 0.5) is 0 Å². The van der Waals surface area contributed by atoms with Crippen LogP contribution in [0.1, 0.15) is 17.8 Å². The van der Waals surface area contributed by atoms with Crippen LogP contribution in [0.5, 0.6) is 5.75 Å². The molecule has 0 saturated carbocycles. The molecule has 1 N–H and O–H groups in total. The van der Waals surface area contributed by atoms with E-state index in [1.54, 1.807) is 19.5 Å². The van der Waals surface area contributed by atoms with Crippen molar-refractivity contribution in [2.24, 2.45) is 5.92 Å². The van der Waals surface area contributed by atoms with Crippen molar-refractivity contribution in [1.82, 2.24) is 25.1 Å². The van der Waals surface area contributed by atoms with E-state index < -0.39 is 0 Å². The molecule has 7 heteroatoms. The lowest BCUT2D eigenvalue weighted by atomic mass is 10.0. The molecule has 0 bridgehead atoms. The molecule has 0 aliphatic carbocycles. The molecule has 1 aliphatic rings. The summed E-state index contributed by atoms with van der Waals surface area (Å²) in [5.41, 5.74) is 1.87. The maximum Gasteiger partial charge on any atom is 0.227 e. The van der Waals surface area contributed by atoms with Crippen molar-refractivity contribution in [3.8, 4) is 17.1 Å². The SMILES string of the molecule is COc1cccc(CC(=O)N2CCC(Cc3nc(-c4cccnc4)n[nH]3)C2)c1. The number of benzene rings is 1. The number of carbonyl (C=O) groups is 1. The molecular weight excluding hydrogens is 354 g/mol. The minimum atomic E-state index is 0.157. The first-order valence-corrected chi connectivity index (χ1v) is 9.43. The van der Waals surface area contributed by atoms with Crippen molar-refractivity contribution in [2.45, 2.75) is 19.3 Å². The Kier molecular flexibility index (Phi) is 5.32. The third kappa shape index (κ3) is 4.19. The Labute approximate surface area is 163 Å². The molecule has 1 fully saturated rings. The zero-order valence-electron chi connectivity index (χ0n) is 15.8. The van der Waals surface area contributed by atoms with Gasteiger partial charge in [-0.15, -0.1) is 0 Å². The third-order valence-corrected chi connectivity index (χ3v) is 5.06. The van der Waals surface area contributed by atoms with E-state index in [2.05, 4.69) is 20.2 Å². The van der Waals surface area contributed by atoms with E-state index in [0.717, 1.165) is 48.6 Å². The molecule has 28 heavy (non-hydrogen) atoms. The summed E-state index contributed by atoms with van der Waals surface area (Å²) in [6, 6.07) is 11.5. The van der Waals surface area contributed by atoms with Crippen molar-refractivity contribution in [3.63, 3.8) is 0 Å². The molecule has 1 atom stereocenters. The minimum absolute atomic E-state index is 0.157. The normalized spacial score (nSPS) is 16.3. The van der Waals surface area contributed by atoms with Crippen LogP contribution in [0, 0.1) is 5.92 Å². The largest absolute Gasteiger partial charge is 0.497 e. The lowest BCUT2D eigenvalue weighted by molar-refractivity contribution is -0.129. The predicted molar refractivity (Wildman–Crippen MR) is 105 cm³/mol. The van der Waals surface area contributed by atoms with Gasteiger partial charge in [0.05, 0.1) is 13.5 Å². The molecule has 0 spiro atoms. The van der Waals surface area contributed by atoms with E-state index in [1.807, 2.05) is 41.3 Å². The Morgan fingerprint density at radius 1 is 1.32 bits per heavy atom. The van der Waals surface area contributed by atoms with E-state index in [9.17, 15) is 4.79 Å². The highest BCUT2D eigenvalue weighted by Gasteiger charge is 2.27. The number of hydrogen-bond acceptors (Lipinski definition) is 5. The smallest absolute Gasteiger partial charge is 0.227 e. The Morgan fingerprint density at radius 2 is 2.25 bits per heavy atom. The van der Waals surface area contributed by atoms with Crippen LogP contribution in [-0.2, 0) is 17.6 Å². The number of aromatic nitrogens is 4. The molecule has 1 saturated heterocycles. The molecule has 1 amide bonds. The fraction of sp³-hybridized carbons (Fsp3) is 0.333. The molecule has 1 aliphatic heterocycles. The van der Waals surface area contributed by atoms with Gasteiger partial charge in [-0.25, -0.2) is 4.98 Å². The number of hydrogen-bond donors (Lipinski definition) is 1. The van der Waals surface area contributed by atoms with Gasteiger partial charge in [0.25, 0.3) is 0 Å². The average Bonchev–Trinajstić information content (AvgIpc) is 3.39. The molecule has 7 nitrogen and oxygen atoms in total. The fourth-order valence-electron chi connectivity index (χ4n) is 3.58. The number of carbonyl (C=O) groups excluding carboxylic acids is 1. The summed E-state index contributed by atoms with van der Waals surface area (Å²) in [4.78, 5) is 23.3. The monoisotopic (exact) mass is 377 g/mol. The first kappa shape index (κ1) is 18.2. The predicted octanol–water partition coefficient (Wildman–Crippen LogP) is 2.51. The van der Waals surface area contributed by atoms with Gasteiger partial charge < -0.3 is 9.64 Å². The Hall–Kier alpha value is -3.22. The summed E-state index contributed by atoms with van der Waals surface area (Å²) in [7, 11) is 1.63. The number of rotatable bonds is 6. The summed E-state index contributed by atoms with van der Waals surface area (Å²) in [6.07, 6.45) is 5.65. The molecule has 3 heterocycles. The molecule has 144 valence electrons. The molecule has 3 aromatic rings. The van der Waals surface area contributed by atoms with E-state index in [4.69, 9.17) is 4.74 Å². The molecular formula is C21H23N5O2. The highest BCUT2D eigenvalue weighted by Crippen LogP contribution is 2.22. The van der Waals surface area contributed by atoms with E-state index in [1.165, 1.54) is 0 Å². The van der Waals surface area contributed by atoms with Crippen LogP contribution >= 0.6 is 0 Å². The lowest BCUT2D eigenvalue weighted by Crippen LogP contribution is -2.30. The van der Waals surface area contributed by atoms with Crippen LogP contribution in [0.2, 0.25) is 0 Å². The van der Waals surface area contributed by atoms with Gasteiger partial charge >= 0.3 is 0 Å². The summed E-state index contributed by atoms with van der Waals surface area (Å²) in [5.74, 6) is 2.84. The second-order valence-electron chi connectivity index (χ2n) is 7.07. The van der Waals surface area contributed by atoms with Gasteiger partial charge in [-0.2, -0.15) is 5.10 Å². The van der Waals surface area contributed by atoms with Crippen molar-refractivity contribution >= 4 is 5.91 Å².